The fourth-order valence-corrected chi connectivity index (χ4v) is 1.04. The van der Waals surface area contributed by atoms with Gasteiger partial charge in [-0.15, -0.1) is 0 Å². The zero-order valence-corrected chi connectivity index (χ0v) is 8.74. The number of hydrogen-bond donors (Lipinski definition) is 1. The predicted octanol–water partition coefficient (Wildman–Crippen LogP) is 0.891. The van der Waals surface area contributed by atoms with Crippen LogP contribution in [0.4, 0.5) is 0 Å². The van der Waals surface area contributed by atoms with Crippen molar-refractivity contribution in [3.05, 3.63) is 0 Å². The lowest BCUT2D eigenvalue weighted by Gasteiger charge is -2.07. The Hall–Kier alpha value is -0.220. The molecule has 1 atom stereocenters. The molecule has 3 nitrogen and oxygen atoms in total. The molecule has 1 unspecified atom stereocenters. The fraction of sp³-hybridized carbons (Fsp3) is 0.875. The molecule has 0 radical (unpaired) electrons. The summed E-state index contributed by atoms with van der Waals surface area (Å²) in [6.45, 7) is 3.36. The van der Waals surface area contributed by atoms with Crippen molar-refractivity contribution in [2.75, 3.05) is 26.5 Å². The van der Waals surface area contributed by atoms with E-state index in [9.17, 15) is 4.79 Å². The van der Waals surface area contributed by atoms with Crippen LogP contribution in [0.15, 0.2) is 0 Å². The lowest BCUT2D eigenvalue weighted by molar-refractivity contribution is -0.139. The zero-order chi connectivity index (χ0) is 9.40. The first-order valence-corrected chi connectivity index (χ1v) is 5.29. The molecular formula is C8H17NO2S. The number of thioether (sulfide) groups is 1. The molecule has 0 heterocycles. The van der Waals surface area contributed by atoms with Crippen LogP contribution in [0.25, 0.3) is 0 Å². The van der Waals surface area contributed by atoms with E-state index in [1.165, 1.54) is 7.11 Å². The number of methoxy groups -OCH3 is 1. The van der Waals surface area contributed by atoms with Crippen LogP contribution < -0.4 is 5.32 Å². The quantitative estimate of drug-likeness (QED) is 0.500. The van der Waals surface area contributed by atoms with Crippen molar-refractivity contribution < 1.29 is 9.53 Å². The molecule has 0 aliphatic carbocycles. The molecule has 0 saturated heterocycles. The molecule has 0 rings (SSSR count). The first-order valence-electron chi connectivity index (χ1n) is 4.01. The van der Waals surface area contributed by atoms with Crippen LogP contribution in [0.1, 0.15) is 13.3 Å². The van der Waals surface area contributed by atoms with E-state index < -0.39 is 0 Å². The molecule has 0 aromatic heterocycles. The van der Waals surface area contributed by atoms with Gasteiger partial charge in [0.25, 0.3) is 0 Å². The van der Waals surface area contributed by atoms with Crippen molar-refractivity contribution in [1.82, 2.24) is 5.32 Å². The molecule has 0 aromatic carbocycles. The van der Waals surface area contributed by atoms with E-state index >= 15 is 0 Å². The standard InChI is InChI=1S/C8H17NO2S/c1-7(12-3)4-5-9-6-8(10)11-2/h7,9H,4-6H2,1-3H3. The molecule has 0 bridgehead atoms. The van der Waals surface area contributed by atoms with Crippen molar-refractivity contribution in [1.29, 1.82) is 0 Å². The molecule has 0 aromatic rings. The lowest BCUT2D eigenvalue weighted by atomic mass is 10.3. The van der Waals surface area contributed by atoms with E-state index in [4.69, 9.17) is 0 Å². The Morgan fingerprint density at radius 2 is 2.33 bits per heavy atom. The summed E-state index contributed by atoms with van der Waals surface area (Å²) in [5, 5.41) is 3.66. The maximum atomic E-state index is 10.6. The molecular weight excluding hydrogens is 174 g/mol. The molecule has 12 heavy (non-hydrogen) atoms. The monoisotopic (exact) mass is 191 g/mol. The van der Waals surface area contributed by atoms with Gasteiger partial charge in [-0.3, -0.25) is 4.79 Å². The highest BCUT2D eigenvalue weighted by molar-refractivity contribution is 7.99. The average molecular weight is 191 g/mol. The smallest absolute Gasteiger partial charge is 0.319 e. The molecule has 0 saturated carbocycles. The number of nitrogens with one attached hydrogen (secondary N) is 1. The summed E-state index contributed by atoms with van der Waals surface area (Å²) < 4.78 is 4.48. The lowest BCUT2D eigenvalue weighted by Crippen LogP contribution is -2.26. The SMILES string of the molecule is COC(=O)CNCCC(C)SC. The highest BCUT2D eigenvalue weighted by Gasteiger charge is 2.00. The highest BCUT2D eigenvalue weighted by Crippen LogP contribution is 2.07. The van der Waals surface area contributed by atoms with Gasteiger partial charge in [0.15, 0.2) is 0 Å². The van der Waals surface area contributed by atoms with Crippen LogP contribution >= 0.6 is 11.8 Å². The van der Waals surface area contributed by atoms with Gasteiger partial charge >= 0.3 is 5.97 Å². The molecule has 0 fully saturated rings. The Bertz CT molecular complexity index is 130. The van der Waals surface area contributed by atoms with Gasteiger partial charge in [-0.25, -0.2) is 0 Å². The van der Waals surface area contributed by atoms with E-state index in [0.717, 1.165) is 13.0 Å². The van der Waals surface area contributed by atoms with Crippen LogP contribution in [-0.2, 0) is 9.53 Å². The number of hydrogen-bond acceptors (Lipinski definition) is 4. The predicted molar refractivity (Wildman–Crippen MR) is 52.5 cm³/mol. The molecule has 0 amide bonds. The summed E-state index contributed by atoms with van der Waals surface area (Å²) in [4.78, 5) is 10.6. The summed E-state index contributed by atoms with van der Waals surface area (Å²) in [6, 6.07) is 0. The minimum absolute atomic E-state index is 0.202. The number of carbonyl (C=O) groups excluding carboxylic acids is 1. The third-order valence-electron chi connectivity index (χ3n) is 1.63. The summed E-state index contributed by atoms with van der Waals surface area (Å²) in [5.41, 5.74) is 0. The first kappa shape index (κ1) is 11.8. The van der Waals surface area contributed by atoms with E-state index in [1.54, 1.807) is 0 Å². The number of esters is 1. The largest absolute Gasteiger partial charge is 0.468 e. The van der Waals surface area contributed by atoms with Gasteiger partial charge < -0.3 is 10.1 Å². The number of carbonyl (C=O) groups is 1. The Morgan fingerprint density at radius 3 is 2.83 bits per heavy atom. The van der Waals surface area contributed by atoms with Crippen molar-refractivity contribution >= 4 is 17.7 Å². The van der Waals surface area contributed by atoms with Gasteiger partial charge in [0.05, 0.1) is 13.7 Å². The summed E-state index contributed by atoms with van der Waals surface area (Å²) in [6.07, 6.45) is 3.17. The highest BCUT2D eigenvalue weighted by atomic mass is 32.2. The van der Waals surface area contributed by atoms with Crippen molar-refractivity contribution in [3.63, 3.8) is 0 Å². The van der Waals surface area contributed by atoms with Gasteiger partial charge in [-0.1, -0.05) is 6.92 Å². The second kappa shape index (κ2) is 7.43. The fourth-order valence-electron chi connectivity index (χ4n) is 0.686. The van der Waals surface area contributed by atoms with Crippen molar-refractivity contribution in [3.8, 4) is 0 Å². The molecule has 0 spiro atoms. The second-order valence-corrected chi connectivity index (χ2v) is 3.86. The Labute approximate surface area is 78.2 Å². The van der Waals surface area contributed by atoms with Crippen LogP contribution in [0, 0.1) is 0 Å². The Balaban J connectivity index is 3.15. The van der Waals surface area contributed by atoms with Gasteiger partial charge in [0.2, 0.25) is 0 Å². The Kier molecular flexibility index (Phi) is 7.29. The maximum absolute atomic E-state index is 10.6. The Morgan fingerprint density at radius 1 is 1.67 bits per heavy atom. The topological polar surface area (TPSA) is 38.3 Å². The van der Waals surface area contributed by atoms with E-state index in [1.807, 2.05) is 11.8 Å². The maximum Gasteiger partial charge on any atom is 0.319 e. The number of ether oxygens (including phenoxy) is 1. The summed E-state index contributed by atoms with van der Waals surface area (Å²) in [7, 11) is 1.40. The van der Waals surface area contributed by atoms with Crippen molar-refractivity contribution in [2.24, 2.45) is 0 Å². The molecule has 0 aliphatic heterocycles. The summed E-state index contributed by atoms with van der Waals surface area (Å²) in [5.74, 6) is -0.202. The molecule has 0 aliphatic rings. The molecule has 72 valence electrons. The third kappa shape index (κ3) is 6.49. The average Bonchev–Trinajstić information content (AvgIpc) is 2.11. The normalized spacial score (nSPS) is 12.6. The summed E-state index contributed by atoms with van der Waals surface area (Å²) >= 11 is 1.83. The molecule has 1 N–H and O–H groups in total. The van der Waals surface area contributed by atoms with Gasteiger partial charge in [-0.05, 0) is 19.2 Å². The van der Waals surface area contributed by atoms with E-state index in [0.29, 0.717) is 11.8 Å². The van der Waals surface area contributed by atoms with Crippen LogP contribution in [0.5, 0.6) is 0 Å². The third-order valence-corrected chi connectivity index (χ3v) is 2.67. The minimum Gasteiger partial charge on any atom is -0.468 e. The second-order valence-electron chi connectivity index (χ2n) is 2.59. The molecule has 4 heteroatoms. The van der Waals surface area contributed by atoms with Crippen LogP contribution in [0.3, 0.4) is 0 Å². The van der Waals surface area contributed by atoms with Crippen molar-refractivity contribution in [2.45, 2.75) is 18.6 Å². The number of rotatable bonds is 6. The van der Waals surface area contributed by atoms with Crippen LogP contribution in [0.2, 0.25) is 0 Å². The van der Waals surface area contributed by atoms with Gasteiger partial charge in [-0.2, -0.15) is 11.8 Å². The van der Waals surface area contributed by atoms with E-state index in [-0.39, 0.29) is 5.97 Å². The van der Waals surface area contributed by atoms with Crippen LogP contribution in [-0.4, -0.2) is 37.7 Å². The minimum atomic E-state index is -0.202. The van der Waals surface area contributed by atoms with E-state index in [2.05, 4.69) is 23.2 Å². The van der Waals surface area contributed by atoms with Gasteiger partial charge in [0.1, 0.15) is 0 Å². The van der Waals surface area contributed by atoms with Gasteiger partial charge in [0, 0.05) is 5.25 Å². The first-order chi connectivity index (χ1) is 5.70. The zero-order valence-electron chi connectivity index (χ0n) is 7.92.